The summed E-state index contributed by atoms with van der Waals surface area (Å²) in [5, 5.41) is 8.67. The fourth-order valence-corrected chi connectivity index (χ4v) is 12.1. The number of thioether (sulfide) groups is 1. The predicted octanol–water partition coefficient (Wildman–Crippen LogP) is 8.37. The lowest BCUT2D eigenvalue weighted by atomic mass is 9.95. The molecule has 3 heterocycles. The lowest BCUT2D eigenvalue weighted by Gasteiger charge is -2.38. The Morgan fingerprint density at radius 2 is 1.72 bits per heavy atom. The molecule has 8 nitrogen and oxygen atoms in total. The second kappa shape index (κ2) is 13.4. The first-order chi connectivity index (χ1) is 21.9. The van der Waals surface area contributed by atoms with E-state index in [1.165, 1.54) is 37.3 Å². The molecule has 0 amide bonds. The van der Waals surface area contributed by atoms with Crippen molar-refractivity contribution in [2.24, 2.45) is 0 Å². The van der Waals surface area contributed by atoms with E-state index in [1.54, 1.807) is 18.2 Å². The number of nitrogens with one attached hydrogen (secondary N) is 1. The van der Waals surface area contributed by atoms with E-state index in [4.69, 9.17) is 20.2 Å². The van der Waals surface area contributed by atoms with Crippen molar-refractivity contribution >= 4 is 47.2 Å². The van der Waals surface area contributed by atoms with Crippen LogP contribution in [0.1, 0.15) is 47.1 Å². The number of benzene rings is 2. The summed E-state index contributed by atoms with van der Waals surface area (Å²) in [4.78, 5) is 13.7. The molecule has 3 N–H and O–H groups in total. The standard InChI is InChI=1S/C34H38F2N6O2SSi/c1-18(2)46(19(3)4,20(5)6)12-11-23-26(35)10-9-21-13-22(44-17-43-7)14-24(28(21)23)30-29(36)31-25(15-38-34(41-31)45-8)32(40-30)33-27(37)16-39-42-33/h9-10,13-16,18-20H,17,37H2,1-8H3,(H,39,42). The number of nitrogens with two attached hydrogens (primary N) is 1. The monoisotopic (exact) mass is 660 g/mol. The Morgan fingerprint density at radius 1 is 1.00 bits per heavy atom. The van der Waals surface area contributed by atoms with Gasteiger partial charge in [0.25, 0.3) is 0 Å². The van der Waals surface area contributed by atoms with E-state index in [1.807, 2.05) is 6.26 Å². The van der Waals surface area contributed by atoms with Crippen molar-refractivity contribution in [2.75, 3.05) is 25.9 Å². The third kappa shape index (κ3) is 5.83. The zero-order chi connectivity index (χ0) is 33.3. The number of aromatic amines is 1. The number of ether oxygens (including phenoxy) is 2. The van der Waals surface area contributed by atoms with Gasteiger partial charge in [-0.15, -0.1) is 5.54 Å². The normalized spacial score (nSPS) is 12.0. The molecule has 46 heavy (non-hydrogen) atoms. The summed E-state index contributed by atoms with van der Waals surface area (Å²) in [7, 11) is -0.750. The number of aromatic nitrogens is 5. The molecule has 0 aliphatic carbocycles. The molecule has 0 saturated carbocycles. The quantitative estimate of drug-likeness (QED) is 0.0533. The van der Waals surface area contributed by atoms with Crippen LogP contribution in [0, 0.1) is 23.1 Å². The molecular formula is C34H38F2N6O2SSi. The number of fused-ring (bicyclic) bond motifs is 2. The first-order valence-electron chi connectivity index (χ1n) is 15.0. The van der Waals surface area contributed by atoms with Gasteiger partial charge in [-0.25, -0.2) is 23.7 Å². The minimum absolute atomic E-state index is 0.0413. The summed E-state index contributed by atoms with van der Waals surface area (Å²) in [5.74, 6) is 2.49. The van der Waals surface area contributed by atoms with Gasteiger partial charge in [-0.1, -0.05) is 65.3 Å². The second-order valence-corrected chi connectivity index (χ2v) is 18.5. The maximum absolute atomic E-state index is 16.8. The fraction of sp³-hybridized carbons (Fsp3) is 0.353. The summed E-state index contributed by atoms with van der Waals surface area (Å²) in [6, 6.07) is 6.43. The molecule has 5 rings (SSSR count). The van der Waals surface area contributed by atoms with Crippen molar-refractivity contribution in [3.05, 3.63) is 53.9 Å². The van der Waals surface area contributed by atoms with Gasteiger partial charge in [-0.3, -0.25) is 5.10 Å². The zero-order valence-electron chi connectivity index (χ0n) is 27.3. The highest BCUT2D eigenvalue weighted by Gasteiger charge is 2.41. The van der Waals surface area contributed by atoms with Gasteiger partial charge in [-0.05, 0) is 46.5 Å². The van der Waals surface area contributed by atoms with Crippen LogP contribution in [-0.4, -0.2) is 53.4 Å². The summed E-state index contributed by atoms with van der Waals surface area (Å²) >= 11 is 1.28. The van der Waals surface area contributed by atoms with Gasteiger partial charge in [0.15, 0.2) is 17.8 Å². The molecule has 0 spiro atoms. The average Bonchev–Trinajstić information content (AvgIpc) is 3.45. The van der Waals surface area contributed by atoms with Crippen LogP contribution in [0.5, 0.6) is 5.75 Å². The number of anilines is 1. The number of pyridine rings is 1. The van der Waals surface area contributed by atoms with Gasteiger partial charge in [0.2, 0.25) is 0 Å². The lowest BCUT2D eigenvalue weighted by molar-refractivity contribution is 0.0512. The third-order valence-corrected chi connectivity index (χ3v) is 15.5. The van der Waals surface area contributed by atoms with Crippen LogP contribution in [0.3, 0.4) is 0 Å². The van der Waals surface area contributed by atoms with Crippen molar-refractivity contribution in [3.8, 4) is 39.9 Å². The van der Waals surface area contributed by atoms with Gasteiger partial charge < -0.3 is 15.2 Å². The van der Waals surface area contributed by atoms with E-state index < -0.39 is 19.7 Å². The first-order valence-corrected chi connectivity index (χ1v) is 18.5. The van der Waals surface area contributed by atoms with E-state index >= 15 is 8.78 Å². The van der Waals surface area contributed by atoms with Crippen molar-refractivity contribution < 1.29 is 18.3 Å². The molecule has 3 aromatic heterocycles. The maximum Gasteiger partial charge on any atom is 0.188 e. The Bertz CT molecular complexity index is 1960. The van der Waals surface area contributed by atoms with Gasteiger partial charge >= 0.3 is 0 Å². The predicted molar refractivity (Wildman–Crippen MR) is 184 cm³/mol. The highest BCUT2D eigenvalue weighted by atomic mass is 32.2. The zero-order valence-corrected chi connectivity index (χ0v) is 29.1. The summed E-state index contributed by atoms with van der Waals surface area (Å²) in [6.45, 7) is 13.2. The molecule has 5 aromatic rings. The summed E-state index contributed by atoms with van der Waals surface area (Å²) in [5.41, 5.74) is 12.3. The van der Waals surface area contributed by atoms with Gasteiger partial charge in [0, 0.05) is 29.6 Å². The van der Waals surface area contributed by atoms with Crippen molar-refractivity contribution in [2.45, 2.75) is 63.3 Å². The smallest absolute Gasteiger partial charge is 0.188 e. The number of H-pyrrole nitrogens is 1. The molecule has 0 saturated heterocycles. The number of halogens is 2. The van der Waals surface area contributed by atoms with E-state index in [-0.39, 0.29) is 23.6 Å². The Hall–Kier alpha value is -4.05. The Balaban J connectivity index is 1.93. The van der Waals surface area contributed by atoms with E-state index in [0.717, 1.165) is 0 Å². The van der Waals surface area contributed by atoms with E-state index in [2.05, 4.69) is 73.2 Å². The molecule has 2 aromatic carbocycles. The number of nitrogens with zero attached hydrogens (tertiary/aromatic N) is 4. The van der Waals surface area contributed by atoms with Gasteiger partial charge in [0.1, 0.15) is 42.2 Å². The van der Waals surface area contributed by atoms with Crippen LogP contribution in [-0.2, 0) is 4.74 Å². The van der Waals surface area contributed by atoms with Crippen molar-refractivity contribution in [3.63, 3.8) is 0 Å². The van der Waals surface area contributed by atoms with Crippen LogP contribution >= 0.6 is 11.8 Å². The largest absolute Gasteiger partial charge is 0.468 e. The van der Waals surface area contributed by atoms with Crippen molar-refractivity contribution in [1.29, 1.82) is 0 Å². The summed E-state index contributed by atoms with van der Waals surface area (Å²) < 4.78 is 43.8. The molecule has 0 unspecified atom stereocenters. The third-order valence-electron chi connectivity index (χ3n) is 8.66. The minimum atomic E-state index is -2.26. The van der Waals surface area contributed by atoms with Crippen LogP contribution < -0.4 is 10.5 Å². The molecule has 0 atom stereocenters. The molecular weight excluding hydrogens is 623 g/mol. The number of nitrogen functional groups attached to an aromatic ring is 1. The topological polar surface area (TPSA) is 112 Å². The van der Waals surface area contributed by atoms with Crippen LogP contribution in [0.2, 0.25) is 16.6 Å². The lowest BCUT2D eigenvalue weighted by Crippen LogP contribution is -2.43. The first kappa shape index (κ1) is 33.3. The van der Waals surface area contributed by atoms with E-state index in [9.17, 15) is 0 Å². The van der Waals surface area contributed by atoms with Crippen molar-refractivity contribution in [1.82, 2.24) is 25.1 Å². The van der Waals surface area contributed by atoms with Crippen LogP contribution in [0.15, 0.2) is 41.8 Å². The van der Waals surface area contributed by atoms with E-state index in [0.29, 0.717) is 66.3 Å². The van der Waals surface area contributed by atoms with Gasteiger partial charge in [-0.2, -0.15) is 5.10 Å². The van der Waals surface area contributed by atoms with Crippen LogP contribution in [0.4, 0.5) is 14.5 Å². The highest BCUT2D eigenvalue weighted by Crippen LogP contribution is 2.43. The van der Waals surface area contributed by atoms with Crippen LogP contribution in [0.25, 0.3) is 44.3 Å². The molecule has 0 aliphatic rings. The number of rotatable bonds is 9. The number of methoxy groups -OCH3 is 1. The Kier molecular flexibility index (Phi) is 9.67. The van der Waals surface area contributed by atoms with Gasteiger partial charge in [0.05, 0.1) is 17.4 Å². The fourth-order valence-electron chi connectivity index (χ4n) is 6.53. The molecule has 0 aliphatic heterocycles. The second-order valence-electron chi connectivity index (χ2n) is 12.1. The maximum atomic E-state index is 16.8. The Labute approximate surface area is 272 Å². The molecule has 12 heteroatoms. The molecule has 0 fully saturated rings. The SMILES string of the molecule is COCOc1cc(-c2nc(-c3[nH]ncc3N)c3cnc(SC)nc3c2F)c2c(C#C[Si](C(C)C)(C(C)C)C(C)C)c(F)ccc2c1. The minimum Gasteiger partial charge on any atom is -0.468 e. The molecule has 240 valence electrons. The number of hydrogen-bond acceptors (Lipinski definition) is 8. The average molecular weight is 661 g/mol. The molecule has 0 bridgehead atoms. The Morgan fingerprint density at radius 3 is 2.33 bits per heavy atom. The highest BCUT2D eigenvalue weighted by molar-refractivity contribution is 7.98. The molecule has 0 radical (unpaired) electrons. The number of hydrogen-bond donors (Lipinski definition) is 2. The summed E-state index contributed by atoms with van der Waals surface area (Å²) in [6.07, 6.45) is 4.78.